The van der Waals surface area contributed by atoms with Gasteiger partial charge in [0.05, 0.1) is 13.2 Å². The van der Waals surface area contributed by atoms with Crippen molar-refractivity contribution in [1.29, 1.82) is 0 Å². The van der Waals surface area contributed by atoms with E-state index in [2.05, 4.69) is 9.97 Å². The number of carbonyl (C=O) groups is 3. The molecule has 0 spiro atoms. The average molecular weight is 586 g/mol. The van der Waals surface area contributed by atoms with Crippen LogP contribution < -0.4 is 4.90 Å². The van der Waals surface area contributed by atoms with Crippen LogP contribution in [0.1, 0.15) is 32.6 Å². The summed E-state index contributed by atoms with van der Waals surface area (Å²) in [7, 11) is 0. The number of hydrogen-bond donors (Lipinski definition) is 0. The summed E-state index contributed by atoms with van der Waals surface area (Å²) in [6, 6.07) is 10.0. The average Bonchev–Trinajstić information content (AvgIpc) is 3.49. The number of fused-ring (bicyclic) bond motifs is 1. The molecule has 0 saturated carbocycles. The van der Waals surface area contributed by atoms with Crippen molar-refractivity contribution in [3.63, 3.8) is 0 Å². The Bertz CT molecular complexity index is 1400. The molecular formula is C27H31N5O8S. The molecule has 3 aromatic rings. The Morgan fingerprint density at radius 3 is 2.37 bits per heavy atom. The number of rotatable bonds is 9. The number of carbonyl (C=O) groups excluding carboxylic acids is 3. The highest BCUT2D eigenvalue weighted by Gasteiger charge is 2.52. The van der Waals surface area contributed by atoms with Gasteiger partial charge in [0.2, 0.25) is 5.95 Å². The lowest BCUT2D eigenvalue weighted by Crippen LogP contribution is -2.42. The fourth-order valence-electron chi connectivity index (χ4n) is 4.83. The van der Waals surface area contributed by atoms with E-state index in [9.17, 15) is 14.4 Å². The minimum Gasteiger partial charge on any atom is -0.463 e. The van der Waals surface area contributed by atoms with Crippen LogP contribution in [0.25, 0.3) is 11.2 Å². The topological polar surface area (TPSA) is 144 Å². The monoisotopic (exact) mass is 585 g/mol. The van der Waals surface area contributed by atoms with E-state index in [-0.39, 0.29) is 6.61 Å². The Balaban J connectivity index is 1.59. The third-order valence-electron chi connectivity index (χ3n) is 6.53. The number of morpholine rings is 1. The molecule has 13 nitrogen and oxygen atoms in total. The third kappa shape index (κ3) is 6.60. The number of thioether (sulfide) groups is 1. The first-order valence-electron chi connectivity index (χ1n) is 13.2. The van der Waals surface area contributed by atoms with Crippen molar-refractivity contribution < 1.29 is 38.1 Å². The third-order valence-corrected chi connectivity index (χ3v) is 7.58. The molecule has 2 fully saturated rings. The summed E-state index contributed by atoms with van der Waals surface area (Å²) in [6.45, 7) is 5.66. The van der Waals surface area contributed by atoms with Crippen LogP contribution in [-0.4, -0.2) is 88.6 Å². The molecule has 0 amide bonds. The van der Waals surface area contributed by atoms with Crippen LogP contribution in [0.3, 0.4) is 0 Å². The van der Waals surface area contributed by atoms with E-state index in [0.717, 1.165) is 5.56 Å². The van der Waals surface area contributed by atoms with Gasteiger partial charge in [-0.3, -0.25) is 19.0 Å². The summed E-state index contributed by atoms with van der Waals surface area (Å²) < 4.78 is 30.1. The fraction of sp³-hybridized carbons (Fsp3) is 0.481. The fourth-order valence-corrected chi connectivity index (χ4v) is 5.72. The molecular weight excluding hydrogens is 554 g/mol. The molecule has 2 saturated heterocycles. The number of hydrogen-bond acceptors (Lipinski definition) is 13. The lowest BCUT2D eigenvalue weighted by atomic mass is 10.1. The van der Waals surface area contributed by atoms with Crippen LogP contribution in [0, 0.1) is 0 Å². The van der Waals surface area contributed by atoms with Crippen molar-refractivity contribution in [3.05, 3.63) is 42.2 Å². The van der Waals surface area contributed by atoms with Gasteiger partial charge in [-0.05, 0) is 5.56 Å². The van der Waals surface area contributed by atoms with Crippen molar-refractivity contribution in [3.8, 4) is 0 Å². The Morgan fingerprint density at radius 1 is 0.976 bits per heavy atom. The summed E-state index contributed by atoms with van der Waals surface area (Å²) in [5.41, 5.74) is 2.13. The van der Waals surface area contributed by atoms with E-state index in [4.69, 9.17) is 28.7 Å². The number of anilines is 1. The first-order valence-corrected chi connectivity index (χ1v) is 14.2. The van der Waals surface area contributed by atoms with Gasteiger partial charge in [0.1, 0.15) is 29.6 Å². The van der Waals surface area contributed by atoms with E-state index in [1.54, 1.807) is 4.57 Å². The second-order valence-corrected chi connectivity index (χ2v) is 10.5. The molecule has 218 valence electrons. The van der Waals surface area contributed by atoms with Crippen molar-refractivity contribution in [2.75, 3.05) is 37.8 Å². The van der Waals surface area contributed by atoms with Crippen LogP contribution in [0.4, 0.5) is 5.95 Å². The van der Waals surface area contributed by atoms with E-state index in [0.29, 0.717) is 54.2 Å². The number of nitrogens with zero attached hydrogens (tertiary/aromatic N) is 5. The second kappa shape index (κ2) is 12.8. The van der Waals surface area contributed by atoms with Crippen molar-refractivity contribution in [2.45, 2.75) is 56.1 Å². The summed E-state index contributed by atoms with van der Waals surface area (Å²) in [5.74, 6) is -0.545. The molecule has 0 N–H and O–H groups in total. The van der Waals surface area contributed by atoms with Crippen LogP contribution >= 0.6 is 11.8 Å². The maximum atomic E-state index is 12.3. The van der Waals surface area contributed by atoms with Gasteiger partial charge in [0.25, 0.3) is 0 Å². The summed E-state index contributed by atoms with van der Waals surface area (Å²) in [5, 5.41) is 0.669. The molecule has 4 heterocycles. The zero-order valence-electron chi connectivity index (χ0n) is 22.9. The van der Waals surface area contributed by atoms with E-state index < -0.39 is 42.4 Å². The molecule has 5 rings (SSSR count). The number of benzene rings is 1. The lowest BCUT2D eigenvalue weighted by molar-refractivity contribution is -0.166. The first-order chi connectivity index (χ1) is 19.8. The van der Waals surface area contributed by atoms with Gasteiger partial charge in [0, 0.05) is 39.6 Å². The highest BCUT2D eigenvalue weighted by Crippen LogP contribution is 2.40. The van der Waals surface area contributed by atoms with E-state index in [1.807, 2.05) is 35.2 Å². The molecule has 2 aromatic heterocycles. The number of ether oxygens (including phenoxy) is 5. The molecule has 0 bridgehead atoms. The van der Waals surface area contributed by atoms with Gasteiger partial charge >= 0.3 is 17.9 Å². The first kappa shape index (κ1) is 28.8. The molecule has 0 unspecified atom stereocenters. The van der Waals surface area contributed by atoms with E-state index >= 15 is 0 Å². The number of aromatic nitrogens is 4. The summed E-state index contributed by atoms with van der Waals surface area (Å²) >= 11 is 1.52. The molecule has 14 heteroatoms. The number of esters is 3. The quantitative estimate of drug-likeness (QED) is 0.157. The SMILES string of the molecule is CC(=O)OC[C@H]1O[C@@H](n2c(N3CCOCC3)nc3c(SCc4ccccc4)ncnc32)[C@H](OC(C)=O)[C@@H]1OC(C)=O. The highest BCUT2D eigenvalue weighted by atomic mass is 32.2. The minimum atomic E-state index is -1.08. The van der Waals surface area contributed by atoms with Crippen molar-refractivity contribution in [2.24, 2.45) is 0 Å². The lowest BCUT2D eigenvalue weighted by Gasteiger charge is -2.30. The van der Waals surface area contributed by atoms with Crippen LogP contribution in [-0.2, 0) is 43.8 Å². The van der Waals surface area contributed by atoms with E-state index in [1.165, 1.54) is 38.9 Å². The standard InChI is InChI=1S/C27H31N5O8S/c1-16(33)37-13-20-22(38-17(2)34)23(39-18(3)35)26(40-20)32-24-21(30-27(32)31-9-11-36-12-10-31)25(29-15-28-24)41-14-19-7-5-4-6-8-19/h4-8,15,20,22-23,26H,9-14H2,1-3H3/t20-,22-,23-,26-/m1/s1. The zero-order valence-corrected chi connectivity index (χ0v) is 23.7. The predicted molar refractivity (Wildman–Crippen MR) is 146 cm³/mol. The molecule has 0 aliphatic carbocycles. The molecule has 41 heavy (non-hydrogen) atoms. The Morgan fingerprint density at radius 2 is 1.68 bits per heavy atom. The minimum absolute atomic E-state index is 0.214. The summed E-state index contributed by atoms with van der Waals surface area (Å²) in [6.07, 6.45) is -2.60. The van der Waals surface area contributed by atoms with Crippen LogP contribution in [0.15, 0.2) is 41.7 Å². The highest BCUT2D eigenvalue weighted by molar-refractivity contribution is 7.98. The van der Waals surface area contributed by atoms with Crippen molar-refractivity contribution in [1.82, 2.24) is 19.5 Å². The Hall–Kier alpha value is -3.75. The van der Waals surface area contributed by atoms with Gasteiger partial charge in [-0.2, -0.15) is 0 Å². The smallest absolute Gasteiger partial charge is 0.303 e. The molecule has 1 aromatic carbocycles. The predicted octanol–water partition coefficient (Wildman–Crippen LogP) is 2.28. The Kier molecular flexibility index (Phi) is 9.00. The zero-order chi connectivity index (χ0) is 28.9. The van der Waals surface area contributed by atoms with Gasteiger partial charge in [-0.15, -0.1) is 0 Å². The van der Waals surface area contributed by atoms with Gasteiger partial charge < -0.3 is 28.6 Å². The molecule has 2 aliphatic rings. The van der Waals surface area contributed by atoms with Crippen molar-refractivity contribution >= 4 is 46.8 Å². The van der Waals surface area contributed by atoms with Gasteiger partial charge in [0.15, 0.2) is 24.1 Å². The molecule has 4 atom stereocenters. The van der Waals surface area contributed by atoms with Crippen LogP contribution in [0.2, 0.25) is 0 Å². The normalized spacial score (nSPS) is 22.5. The Labute approximate surface area is 240 Å². The maximum absolute atomic E-state index is 12.3. The second-order valence-electron chi connectivity index (χ2n) is 9.52. The summed E-state index contributed by atoms with van der Waals surface area (Å²) in [4.78, 5) is 52.0. The molecule has 0 radical (unpaired) electrons. The largest absolute Gasteiger partial charge is 0.463 e. The van der Waals surface area contributed by atoms with Gasteiger partial charge in [-0.25, -0.2) is 15.0 Å². The van der Waals surface area contributed by atoms with Gasteiger partial charge in [-0.1, -0.05) is 42.1 Å². The number of imidazole rings is 1. The molecule has 2 aliphatic heterocycles. The maximum Gasteiger partial charge on any atom is 0.303 e. The van der Waals surface area contributed by atoms with Crippen LogP contribution in [0.5, 0.6) is 0 Å².